The maximum absolute atomic E-state index is 12.1. The van der Waals surface area contributed by atoms with E-state index in [1.165, 1.54) is 0 Å². The Kier molecular flexibility index (Phi) is 4.01. The fourth-order valence-electron chi connectivity index (χ4n) is 2.12. The molecule has 18 heavy (non-hydrogen) atoms. The molecule has 1 aliphatic rings. The number of nitrogens with zero attached hydrogens (tertiary/aromatic N) is 1. The van der Waals surface area contributed by atoms with Crippen LogP contribution in [0.15, 0.2) is 29.2 Å². The van der Waals surface area contributed by atoms with Crippen molar-refractivity contribution in [3.63, 3.8) is 0 Å². The number of sulfonamides is 1. The number of hydrogen-bond acceptors (Lipinski definition) is 4. The van der Waals surface area contributed by atoms with E-state index in [1.54, 1.807) is 24.3 Å². The molecular formula is C12H19N3O2S. The Balaban J connectivity index is 2.10. The number of hydrogen-bond donors (Lipinski definition) is 2. The van der Waals surface area contributed by atoms with Crippen molar-refractivity contribution in [1.29, 1.82) is 0 Å². The molecule has 0 aromatic heterocycles. The number of nitrogens with two attached hydrogens (primary N) is 1. The predicted octanol–water partition coefficient (Wildman–Crippen LogP) is 0.128. The van der Waals surface area contributed by atoms with Crippen LogP contribution >= 0.6 is 0 Å². The molecule has 3 N–H and O–H groups in total. The summed E-state index contributed by atoms with van der Waals surface area (Å²) in [5, 5.41) is 0. The summed E-state index contributed by atoms with van der Waals surface area (Å²) < 4.78 is 27.0. The van der Waals surface area contributed by atoms with Crippen LogP contribution in [-0.4, -0.2) is 39.5 Å². The average Bonchev–Trinajstić information content (AvgIpc) is 2.74. The fourth-order valence-corrected chi connectivity index (χ4v) is 3.39. The molecule has 1 aromatic rings. The van der Waals surface area contributed by atoms with Gasteiger partial charge in [0, 0.05) is 19.1 Å². The molecule has 5 nitrogen and oxygen atoms in total. The third-order valence-electron chi connectivity index (χ3n) is 3.18. The lowest BCUT2D eigenvalue weighted by Gasteiger charge is -2.13. The monoisotopic (exact) mass is 269 g/mol. The first-order valence-corrected chi connectivity index (χ1v) is 7.49. The van der Waals surface area contributed by atoms with E-state index in [0.29, 0.717) is 11.4 Å². The third kappa shape index (κ3) is 3.08. The summed E-state index contributed by atoms with van der Waals surface area (Å²) >= 11 is 0. The minimum Gasteiger partial charge on any atom is -0.326 e. The predicted molar refractivity (Wildman–Crippen MR) is 70.6 cm³/mol. The highest BCUT2D eigenvalue weighted by Crippen LogP contribution is 2.14. The fraction of sp³-hybridized carbons (Fsp3) is 0.500. The quantitative estimate of drug-likeness (QED) is 0.814. The van der Waals surface area contributed by atoms with E-state index in [-0.39, 0.29) is 6.04 Å². The number of benzene rings is 1. The van der Waals surface area contributed by atoms with Gasteiger partial charge in [0.05, 0.1) is 4.90 Å². The molecule has 0 spiro atoms. The number of nitrogens with one attached hydrogen (secondary N) is 1. The first kappa shape index (κ1) is 13.5. The van der Waals surface area contributed by atoms with Gasteiger partial charge in [0.25, 0.3) is 0 Å². The third-order valence-corrected chi connectivity index (χ3v) is 4.72. The van der Waals surface area contributed by atoms with Crippen LogP contribution in [0.1, 0.15) is 12.0 Å². The van der Waals surface area contributed by atoms with E-state index in [1.807, 2.05) is 7.05 Å². The smallest absolute Gasteiger partial charge is 0.240 e. The highest BCUT2D eigenvalue weighted by Gasteiger charge is 2.25. The molecule has 1 unspecified atom stereocenters. The lowest BCUT2D eigenvalue weighted by molar-refractivity contribution is 0.407. The minimum absolute atomic E-state index is 0.00850. The van der Waals surface area contributed by atoms with Gasteiger partial charge >= 0.3 is 0 Å². The highest BCUT2D eigenvalue weighted by atomic mass is 32.2. The van der Waals surface area contributed by atoms with Gasteiger partial charge in [0.1, 0.15) is 0 Å². The average molecular weight is 269 g/mol. The van der Waals surface area contributed by atoms with Crippen molar-refractivity contribution in [3.05, 3.63) is 29.8 Å². The zero-order valence-corrected chi connectivity index (χ0v) is 11.3. The number of rotatable bonds is 4. The van der Waals surface area contributed by atoms with Crippen molar-refractivity contribution in [3.8, 4) is 0 Å². The van der Waals surface area contributed by atoms with E-state index in [0.717, 1.165) is 25.1 Å². The summed E-state index contributed by atoms with van der Waals surface area (Å²) in [4.78, 5) is 2.42. The molecule has 0 saturated carbocycles. The van der Waals surface area contributed by atoms with Crippen LogP contribution in [0.3, 0.4) is 0 Å². The Bertz CT molecular complexity index is 499. The Morgan fingerprint density at radius 3 is 2.56 bits per heavy atom. The summed E-state index contributed by atoms with van der Waals surface area (Å²) in [5.41, 5.74) is 6.41. The molecule has 0 bridgehead atoms. The van der Waals surface area contributed by atoms with Crippen molar-refractivity contribution in [1.82, 2.24) is 9.62 Å². The second-order valence-electron chi connectivity index (χ2n) is 4.72. The summed E-state index contributed by atoms with van der Waals surface area (Å²) in [6.45, 7) is 2.11. The van der Waals surface area contributed by atoms with E-state index in [2.05, 4.69) is 9.62 Å². The van der Waals surface area contributed by atoms with E-state index in [9.17, 15) is 8.42 Å². The van der Waals surface area contributed by atoms with Gasteiger partial charge in [-0.2, -0.15) is 0 Å². The lowest BCUT2D eigenvalue weighted by Crippen LogP contribution is -2.36. The topological polar surface area (TPSA) is 75.4 Å². The largest absolute Gasteiger partial charge is 0.326 e. The van der Waals surface area contributed by atoms with Crippen molar-refractivity contribution in [2.24, 2.45) is 5.73 Å². The summed E-state index contributed by atoms with van der Waals surface area (Å²) in [7, 11) is -1.42. The van der Waals surface area contributed by atoms with Crippen molar-refractivity contribution < 1.29 is 8.42 Å². The number of likely N-dealkylation sites (N-methyl/N-ethyl adjacent to an activating group) is 1. The van der Waals surface area contributed by atoms with Crippen molar-refractivity contribution >= 4 is 10.0 Å². The van der Waals surface area contributed by atoms with Crippen molar-refractivity contribution in [2.45, 2.75) is 23.9 Å². The Morgan fingerprint density at radius 2 is 2.06 bits per heavy atom. The van der Waals surface area contributed by atoms with Gasteiger partial charge in [0.15, 0.2) is 0 Å². The van der Waals surface area contributed by atoms with E-state index in [4.69, 9.17) is 5.73 Å². The molecule has 2 rings (SSSR count). The molecule has 1 fully saturated rings. The minimum atomic E-state index is -3.41. The van der Waals surface area contributed by atoms with Gasteiger partial charge in [-0.1, -0.05) is 12.1 Å². The molecule has 1 aromatic carbocycles. The van der Waals surface area contributed by atoms with Gasteiger partial charge in [-0.25, -0.2) is 13.1 Å². The van der Waals surface area contributed by atoms with Gasteiger partial charge in [-0.3, -0.25) is 0 Å². The summed E-state index contributed by atoms with van der Waals surface area (Å²) in [6.07, 6.45) is 0.858. The van der Waals surface area contributed by atoms with Crippen LogP contribution in [0.25, 0.3) is 0 Å². The lowest BCUT2D eigenvalue weighted by atomic mass is 10.2. The second kappa shape index (κ2) is 5.36. The maximum Gasteiger partial charge on any atom is 0.240 e. The van der Waals surface area contributed by atoms with E-state index >= 15 is 0 Å². The molecule has 1 aliphatic heterocycles. The van der Waals surface area contributed by atoms with Crippen LogP contribution < -0.4 is 10.5 Å². The first-order chi connectivity index (χ1) is 8.51. The maximum atomic E-state index is 12.1. The molecule has 0 radical (unpaired) electrons. The Hall–Kier alpha value is -0.950. The molecule has 100 valence electrons. The SMILES string of the molecule is CN1CCC(NS(=O)(=O)c2ccc(CN)cc2)C1. The van der Waals surface area contributed by atoms with Gasteiger partial charge in [-0.15, -0.1) is 0 Å². The highest BCUT2D eigenvalue weighted by molar-refractivity contribution is 7.89. The molecule has 1 saturated heterocycles. The van der Waals surface area contributed by atoms with Crippen LogP contribution in [-0.2, 0) is 16.6 Å². The standard InChI is InChI=1S/C12H19N3O2S/c1-15-7-6-11(9-15)14-18(16,17)12-4-2-10(8-13)3-5-12/h2-5,11,14H,6-9,13H2,1H3. The summed E-state index contributed by atoms with van der Waals surface area (Å²) in [5.74, 6) is 0. The number of likely N-dealkylation sites (tertiary alicyclic amines) is 1. The van der Waals surface area contributed by atoms with Crippen LogP contribution in [0.4, 0.5) is 0 Å². The zero-order valence-electron chi connectivity index (χ0n) is 10.5. The van der Waals surface area contributed by atoms with Crippen molar-refractivity contribution in [2.75, 3.05) is 20.1 Å². The zero-order chi connectivity index (χ0) is 13.2. The van der Waals surface area contributed by atoms with Crippen LogP contribution in [0, 0.1) is 0 Å². The molecule has 1 atom stereocenters. The van der Waals surface area contributed by atoms with Crippen LogP contribution in [0.5, 0.6) is 0 Å². The molecule has 1 heterocycles. The molecular weight excluding hydrogens is 250 g/mol. The Labute approximate surface area is 108 Å². The van der Waals surface area contributed by atoms with Gasteiger partial charge in [0.2, 0.25) is 10.0 Å². The molecule has 0 amide bonds. The normalized spacial score (nSPS) is 21.3. The summed E-state index contributed by atoms with van der Waals surface area (Å²) in [6, 6.07) is 6.70. The van der Waals surface area contributed by atoms with Gasteiger partial charge < -0.3 is 10.6 Å². The van der Waals surface area contributed by atoms with Crippen LogP contribution in [0.2, 0.25) is 0 Å². The Morgan fingerprint density at radius 1 is 1.39 bits per heavy atom. The first-order valence-electron chi connectivity index (χ1n) is 6.01. The van der Waals surface area contributed by atoms with Gasteiger partial charge in [-0.05, 0) is 37.7 Å². The molecule has 6 heteroatoms. The second-order valence-corrected chi connectivity index (χ2v) is 6.43. The molecule has 0 aliphatic carbocycles. The van der Waals surface area contributed by atoms with E-state index < -0.39 is 10.0 Å².